The van der Waals surface area contributed by atoms with Crippen LogP contribution in [-0.4, -0.2) is 29.0 Å². The fourth-order valence-corrected chi connectivity index (χ4v) is 1.96. The first-order valence-electron chi connectivity index (χ1n) is 5.27. The number of nitro groups is 1. The van der Waals surface area contributed by atoms with E-state index in [2.05, 4.69) is 0 Å². The second-order valence-corrected chi connectivity index (χ2v) is 4.16. The fourth-order valence-electron chi connectivity index (χ4n) is 1.84. The van der Waals surface area contributed by atoms with Gasteiger partial charge in [-0.1, -0.05) is 0 Å². The normalized spacial score (nSPS) is 13.9. The smallest absolute Gasteiger partial charge is 0.299 e. The van der Waals surface area contributed by atoms with Crippen molar-refractivity contribution < 1.29 is 14.5 Å². The van der Waals surface area contributed by atoms with E-state index in [1.54, 1.807) is 0 Å². The van der Waals surface area contributed by atoms with Crippen LogP contribution in [0.25, 0.3) is 0 Å². The summed E-state index contributed by atoms with van der Waals surface area (Å²) in [6.45, 7) is 0.332. The van der Waals surface area contributed by atoms with Crippen LogP contribution in [0.2, 0.25) is 0 Å². The maximum absolute atomic E-state index is 11.7. The van der Waals surface area contributed by atoms with Crippen LogP contribution in [0.15, 0.2) is 18.2 Å². The summed E-state index contributed by atoms with van der Waals surface area (Å²) in [5.74, 6) is -0.987. The molecule has 6 nitrogen and oxygen atoms in total. The van der Waals surface area contributed by atoms with E-state index in [9.17, 15) is 19.7 Å². The number of anilines is 1. The fraction of sp³-hybridized carbons (Fsp3) is 0.273. The number of nitro benzene ring substituents is 1. The second kappa shape index (κ2) is 4.73. The first kappa shape index (κ1) is 12.5. The molecule has 0 unspecified atom stereocenters. The predicted octanol–water partition coefficient (Wildman–Crippen LogP) is 1.75. The standard InChI is InChI=1S/C11H9ClN2O4/c12-4-1-5-13-9-3-2-7(14(17)18)6-8(9)10(15)11(13)16/h2-3,6H,1,4-5H2. The number of Topliss-reactive ketones (excluding diaryl/α,β-unsaturated/α-hetero) is 1. The molecule has 18 heavy (non-hydrogen) atoms. The van der Waals surface area contributed by atoms with Crippen molar-refractivity contribution in [2.24, 2.45) is 0 Å². The molecule has 94 valence electrons. The molecule has 0 N–H and O–H groups in total. The number of halogens is 1. The molecular formula is C11H9ClN2O4. The van der Waals surface area contributed by atoms with Gasteiger partial charge in [0.05, 0.1) is 16.2 Å². The first-order chi connectivity index (χ1) is 8.56. The Morgan fingerprint density at radius 3 is 2.67 bits per heavy atom. The number of fused-ring (bicyclic) bond motifs is 1. The largest absolute Gasteiger partial charge is 0.305 e. The lowest BCUT2D eigenvalue weighted by Crippen LogP contribution is -2.30. The van der Waals surface area contributed by atoms with Gasteiger partial charge in [-0.2, -0.15) is 0 Å². The minimum Gasteiger partial charge on any atom is -0.305 e. The molecule has 1 aliphatic rings. The van der Waals surface area contributed by atoms with Gasteiger partial charge in [0.15, 0.2) is 0 Å². The summed E-state index contributed by atoms with van der Waals surface area (Å²) in [5.41, 5.74) is 0.304. The molecule has 7 heteroatoms. The molecule has 0 spiro atoms. The Hall–Kier alpha value is -1.95. The van der Waals surface area contributed by atoms with Crippen LogP contribution in [0.3, 0.4) is 0 Å². The quantitative estimate of drug-likeness (QED) is 0.361. The Balaban J connectivity index is 2.41. The molecule has 0 bridgehead atoms. The molecule has 1 amide bonds. The molecule has 0 radical (unpaired) electrons. The van der Waals surface area contributed by atoms with Crippen LogP contribution in [0.5, 0.6) is 0 Å². The molecule has 0 aromatic heterocycles. The topological polar surface area (TPSA) is 80.5 Å². The van der Waals surface area contributed by atoms with Gasteiger partial charge in [0.2, 0.25) is 0 Å². The lowest BCUT2D eigenvalue weighted by Gasteiger charge is -2.15. The Morgan fingerprint density at radius 2 is 2.06 bits per heavy atom. The summed E-state index contributed by atoms with van der Waals surface area (Å²) in [5, 5.41) is 10.6. The van der Waals surface area contributed by atoms with Gasteiger partial charge in [-0.05, 0) is 12.5 Å². The molecule has 1 aromatic rings. The maximum Gasteiger partial charge on any atom is 0.299 e. The Labute approximate surface area is 107 Å². The van der Waals surface area contributed by atoms with Gasteiger partial charge in [0.1, 0.15) is 0 Å². The van der Waals surface area contributed by atoms with Crippen LogP contribution in [0.1, 0.15) is 16.8 Å². The number of nitrogens with zero attached hydrogens (tertiary/aromatic N) is 2. The lowest BCUT2D eigenvalue weighted by molar-refractivity contribution is -0.384. The average Bonchev–Trinajstić information content (AvgIpc) is 2.60. The number of hydrogen-bond donors (Lipinski definition) is 0. The van der Waals surface area contributed by atoms with Gasteiger partial charge in [0.25, 0.3) is 17.4 Å². The number of carbonyl (C=O) groups excluding carboxylic acids is 2. The van der Waals surface area contributed by atoms with Crippen molar-refractivity contribution in [3.8, 4) is 0 Å². The van der Waals surface area contributed by atoms with E-state index in [4.69, 9.17) is 11.6 Å². The summed E-state index contributed by atoms with van der Waals surface area (Å²) in [4.78, 5) is 34.7. The molecule has 1 heterocycles. The summed E-state index contributed by atoms with van der Waals surface area (Å²) < 4.78 is 0. The first-order valence-corrected chi connectivity index (χ1v) is 5.80. The zero-order valence-corrected chi connectivity index (χ0v) is 10.0. The molecule has 0 saturated carbocycles. The highest BCUT2D eigenvalue weighted by atomic mass is 35.5. The van der Waals surface area contributed by atoms with Gasteiger partial charge in [-0.3, -0.25) is 19.7 Å². The van der Waals surface area contributed by atoms with Crippen molar-refractivity contribution in [2.75, 3.05) is 17.3 Å². The van der Waals surface area contributed by atoms with E-state index in [1.807, 2.05) is 0 Å². The minimum absolute atomic E-state index is 0.0868. The third-order valence-electron chi connectivity index (χ3n) is 2.68. The van der Waals surface area contributed by atoms with E-state index in [-0.39, 0.29) is 11.3 Å². The number of ketones is 1. The highest BCUT2D eigenvalue weighted by Crippen LogP contribution is 2.31. The zero-order valence-electron chi connectivity index (χ0n) is 9.26. The summed E-state index contributed by atoms with van der Waals surface area (Å²) in [6.07, 6.45) is 0.553. The van der Waals surface area contributed by atoms with E-state index in [0.29, 0.717) is 24.5 Å². The number of rotatable bonds is 4. The van der Waals surface area contributed by atoms with Gasteiger partial charge >= 0.3 is 0 Å². The molecule has 0 saturated heterocycles. The van der Waals surface area contributed by atoms with Gasteiger partial charge in [0, 0.05) is 24.6 Å². The van der Waals surface area contributed by atoms with Gasteiger partial charge in [-0.15, -0.1) is 11.6 Å². The Morgan fingerprint density at radius 1 is 1.33 bits per heavy atom. The molecule has 0 atom stereocenters. The summed E-state index contributed by atoms with van der Waals surface area (Å²) >= 11 is 5.55. The minimum atomic E-state index is -0.705. The van der Waals surface area contributed by atoms with E-state index in [1.165, 1.54) is 17.0 Å². The number of non-ortho nitro benzene ring substituents is 1. The molecule has 0 fully saturated rings. The van der Waals surface area contributed by atoms with Crippen molar-refractivity contribution in [2.45, 2.75) is 6.42 Å². The Bertz CT molecular complexity index is 544. The van der Waals surface area contributed by atoms with Crippen molar-refractivity contribution in [3.63, 3.8) is 0 Å². The molecular weight excluding hydrogens is 260 g/mol. The highest BCUT2D eigenvalue weighted by molar-refractivity contribution is 6.52. The monoisotopic (exact) mass is 268 g/mol. The molecule has 1 aliphatic heterocycles. The van der Waals surface area contributed by atoms with E-state index in [0.717, 1.165) is 6.07 Å². The lowest BCUT2D eigenvalue weighted by atomic mass is 10.1. The average molecular weight is 269 g/mol. The summed E-state index contributed by atoms with van der Waals surface area (Å²) in [6, 6.07) is 3.83. The molecule has 2 rings (SSSR count). The molecule has 0 aliphatic carbocycles. The van der Waals surface area contributed by atoms with Gasteiger partial charge < -0.3 is 4.90 Å². The van der Waals surface area contributed by atoms with Gasteiger partial charge in [-0.25, -0.2) is 0 Å². The third-order valence-corrected chi connectivity index (χ3v) is 2.95. The van der Waals surface area contributed by atoms with Crippen molar-refractivity contribution in [1.29, 1.82) is 0 Å². The number of amides is 1. The van der Waals surface area contributed by atoms with Crippen LogP contribution in [-0.2, 0) is 4.79 Å². The van der Waals surface area contributed by atoms with Crippen LogP contribution >= 0.6 is 11.6 Å². The second-order valence-electron chi connectivity index (χ2n) is 3.79. The third kappa shape index (κ3) is 1.95. The van der Waals surface area contributed by atoms with Crippen molar-refractivity contribution in [3.05, 3.63) is 33.9 Å². The predicted molar refractivity (Wildman–Crippen MR) is 65.1 cm³/mol. The number of benzene rings is 1. The van der Waals surface area contributed by atoms with Crippen LogP contribution in [0.4, 0.5) is 11.4 Å². The highest BCUT2D eigenvalue weighted by Gasteiger charge is 2.36. The van der Waals surface area contributed by atoms with Crippen molar-refractivity contribution in [1.82, 2.24) is 0 Å². The van der Waals surface area contributed by atoms with Crippen molar-refractivity contribution >= 4 is 34.7 Å². The Kier molecular flexibility index (Phi) is 3.29. The van der Waals surface area contributed by atoms with E-state index >= 15 is 0 Å². The number of alkyl halides is 1. The number of hydrogen-bond acceptors (Lipinski definition) is 4. The number of carbonyl (C=O) groups is 2. The van der Waals surface area contributed by atoms with Crippen LogP contribution < -0.4 is 4.90 Å². The SMILES string of the molecule is O=C1C(=O)N(CCCCl)c2ccc([N+](=O)[O-])cc21. The molecule has 1 aromatic carbocycles. The zero-order chi connectivity index (χ0) is 13.3. The maximum atomic E-state index is 11.7. The van der Waals surface area contributed by atoms with Crippen LogP contribution in [0, 0.1) is 10.1 Å². The van der Waals surface area contributed by atoms with E-state index < -0.39 is 16.6 Å². The summed E-state index contributed by atoms with van der Waals surface area (Å²) in [7, 11) is 0.